The summed E-state index contributed by atoms with van der Waals surface area (Å²) in [5, 5.41) is 9.84. The van der Waals surface area contributed by atoms with E-state index < -0.39 is 0 Å². The molecule has 0 aliphatic rings. The van der Waals surface area contributed by atoms with Gasteiger partial charge in [-0.25, -0.2) is 0 Å². The lowest BCUT2D eigenvalue weighted by atomic mass is 10.00. The largest absolute Gasteiger partial charge is 0.512 e. The van der Waals surface area contributed by atoms with Crippen molar-refractivity contribution < 1.29 is 19.5 Å². The first-order chi connectivity index (χ1) is 13.9. The van der Waals surface area contributed by atoms with E-state index in [-0.39, 0.29) is 34.3 Å². The highest BCUT2D eigenvalue weighted by atomic mass is 16.3. The van der Waals surface area contributed by atoms with Crippen molar-refractivity contribution in [1.29, 1.82) is 0 Å². The summed E-state index contributed by atoms with van der Waals surface area (Å²) in [6.07, 6.45) is 7.63. The first kappa shape index (κ1) is 21.5. The lowest BCUT2D eigenvalue weighted by Gasteiger charge is -2.03. The molecule has 4 nitrogen and oxygen atoms in total. The minimum Gasteiger partial charge on any atom is -0.512 e. The van der Waals surface area contributed by atoms with Crippen LogP contribution >= 0.6 is 0 Å². The van der Waals surface area contributed by atoms with Crippen LogP contribution in [-0.2, 0) is 4.79 Å². The Hall–Kier alpha value is -3.79. The molecule has 0 spiro atoms. The summed E-state index contributed by atoms with van der Waals surface area (Å²) in [5.41, 5.74) is 1.14. The topological polar surface area (TPSA) is 71.4 Å². The van der Waals surface area contributed by atoms with E-state index in [1.54, 1.807) is 78.9 Å². The third-order valence-corrected chi connectivity index (χ3v) is 4.08. The van der Waals surface area contributed by atoms with Crippen LogP contribution in [0.25, 0.3) is 0 Å². The average molecular weight is 386 g/mol. The SMILES string of the molecule is CC(=O)C(=CC=CC=C/C(C(=O)c1ccccc1)=C(/C)O)C(=O)c1ccccc1. The van der Waals surface area contributed by atoms with Gasteiger partial charge in [-0.2, -0.15) is 0 Å². The van der Waals surface area contributed by atoms with Gasteiger partial charge in [0.25, 0.3) is 0 Å². The molecule has 0 fully saturated rings. The molecular weight excluding hydrogens is 364 g/mol. The van der Waals surface area contributed by atoms with Gasteiger partial charge in [-0.3, -0.25) is 14.4 Å². The number of aliphatic hydroxyl groups excluding tert-OH is 1. The summed E-state index contributed by atoms with van der Waals surface area (Å²) in [6, 6.07) is 17.2. The van der Waals surface area contributed by atoms with Gasteiger partial charge in [0.2, 0.25) is 0 Å². The summed E-state index contributed by atoms with van der Waals surface area (Å²) in [4.78, 5) is 36.8. The molecule has 0 radical (unpaired) electrons. The molecule has 0 atom stereocenters. The van der Waals surface area contributed by atoms with Crippen LogP contribution in [0.4, 0.5) is 0 Å². The molecule has 0 bridgehead atoms. The fourth-order valence-corrected chi connectivity index (χ4v) is 2.57. The number of rotatable bonds is 8. The molecule has 29 heavy (non-hydrogen) atoms. The Morgan fingerprint density at radius 3 is 1.72 bits per heavy atom. The number of aliphatic hydroxyl groups is 1. The van der Waals surface area contributed by atoms with E-state index in [9.17, 15) is 19.5 Å². The van der Waals surface area contributed by atoms with Crippen LogP contribution in [0.15, 0.2) is 108 Å². The zero-order valence-electron chi connectivity index (χ0n) is 16.3. The summed E-state index contributed by atoms with van der Waals surface area (Å²) in [6.45, 7) is 2.78. The molecule has 0 aliphatic heterocycles. The maximum absolute atomic E-state index is 12.5. The molecule has 0 aromatic heterocycles. The standard InChI is InChI=1S/C25H22O4/c1-18(26)22(24(28)20-12-6-3-7-13-20)16-10-5-11-17-23(19(2)27)25(29)21-14-8-4-9-15-21/h3-17,26H,1-2H3/b11-5?,16-10?,22-18+,23-17?. The van der Waals surface area contributed by atoms with Crippen LogP contribution in [-0.4, -0.2) is 22.5 Å². The number of hydrogen-bond acceptors (Lipinski definition) is 4. The summed E-state index contributed by atoms with van der Waals surface area (Å²) >= 11 is 0. The lowest BCUT2D eigenvalue weighted by molar-refractivity contribution is -0.113. The predicted octanol–water partition coefficient (Wildman–Crippen LogP) is 5.21. The lowest BCUT2D eigenvalue weighted by Crippen LogP contribution is -2.10. The van der Waals surface area contributed by atoms with Crippen LogP contribution in [0.2, 0.25) is 0 Å². The molecule has 4 heteroatoms. The quantitative estimate of drug-likeness (QED) is 0.169. The van der Waals surface area contributed by atoms with Gasteiger partial charge in [-0.05, 0) is 26.0 Å². The van der Waals surface area contributed by atoms with E-state index in [2.05, 4.69) is 0 Å². The third-order valence-electron chi connectivity index (χ3n) is 4.08. The van der Waals surface area contributed by atoms with Gasteiger partial charge in [0.1, 0.15) is 5.76 Å². The van der Waals surface area contributed by atoms with Gasteiger partial charge in [-0.15, -0.1) is 0 Å². The van der Waals surface area contributed by atoms with Crippen molar-refractivity contribution in [2.75, 3.05) is 0 Å². The van der Waals surface area contributed by atoms with E-state index >= 15 is 0 Å². The van der Waals surface area contributed by atoms with Crippen LogP contribution in [0, 0.1) is 0 Å². The summed E-state index contributed by atoms with van der Waals surface area (Å²) < 4.78 is 0. The molecule has 0 unspecified atom stereocenters. The Kier molecular flexibility index (Phi) is 7.80. The smallest absolute Gasteiger partial charge is 0.196 e. The molecule has 2 rings (SSSR count). The van der Waals surface area contributed by atoms with Crippen molar-refractivity contribution in [3.8, 4) is 0 Å². The number of Topliss-reactive ketones (excluding diaryl/α,β-unsaturated/α-hetero) is 3. The minimum absolute atomic E-state index is 0.0651. The summed E-state index contributed by atoms with van der Waals surface area (Å²) in [7, 11) is 0. The second-order valence-corrected chi connectivity index (χ2v) is 6.27. The second-order valence-electron chi connectivity index (χ2n) is 6.27. The molecule has 0 aliphatic carbocycles. The number of ketones is 3. The average Bonchev–Trinajstić information content (AvgIpc) is 2.73. The maximum Gasteiger partial charge on any atom is 0.196 e. The van der Waals surface area contributed by atoms with Crippen molar-refractivity contribution in [3.63, 3.8) is 0 Å². The number of carbonyl (C=O) groups is 3. The second kappa shape index (κ2) is 10.5. The van der Waals surface area contributed by atoms with Crippen LogP contribution < -0.4 is 0 Å². The zero-order valence-corrected chi connectivity index (χ0v) is 16.3. The predicted molar refractivity (Wildman–Crippen MR) is 114 cm³/mol. The van der Waals surface area contributed by atoms with Gasteiger partial charge in [0.05, 0.1) is 11.1 Å². The van der Waals surface area contributed by atoms with Crippen molar-refractivity contribution >= 4 is 17.3 Å². The Bertz CT molecular complexity index is 1000. The number of benzene rings is 2. The Morgan fingerprint density at radius 1 is 0.724 bits per heavy atom. The van der Waals surface area contributed by atoms with Crippen LogP contribution in [0.5, 0.6) is 0 Å². The van der Waals surface area contributed by atoms with E-state index in [1.807, 2.05) is 0 Å². The van der Waals surface area contributed by atoms with E-state index in [0.29, 0.717) is 11.1 Å². The number of allylic oxidation sites excluding steroid dienone is 8. The molecule has 0 heterocycles. The molecule has 0 saturated carbocycles. The Balaban J connectivity index is 2.18. The molecule has 146 valence electrons. The fourth-order valence-electron chi connectivity index (χ4n) is 2.57. The van der Waals surface area contributed by atoms with Gasteiger partial charge in [-0.1, -0.05) is 78.9 Å². The van der Waals surface area contributed by atoms with Gasteiger partial charge in [0.15, 0.2) is 17.3 Å². The molecule has 2 aromatic carbocycles. The Labute approximate surface area is 170 Å². The molecular formula is C25H22O4. The zero-order chi connectivity index (χ0) is 21.2. The maximum atomic E-state index is 12.5. The van der Waals surface area contributed by atoms with Crippen molar-refractivity contribution in [2.45, 2.75) is 13.8 Å². The monoisotopic (exact) mass is 386 g/mol. The highest BCUT2D eigenvalue weighted by Gasteiger charge is 2.15. The normalized spacial score (nSPS) is 12.8. The highest BCUT2D eigenvalue weighted by Crippen LogP contribution is 2.13. The highest BCUT2D eigenvalue weighted by molar-refractivity contribution is 6.25. The van der Waals surface area contributed by atoms with Crippen LogP contribution in [0.1, 0.15) is 34.6 Å². The van der Waals surface area contributed by atoms with Gasteiger partial charge >= 0.3 is 0 Å². The molecule has 2 aromatic rings. The van der Waals surface area contributed by atoms with E-state index in [0.717, 1.165) is 0 Å². The van der Waals surface area contributed by atoms with E-state index in [4.69, 9.17) is 0 Å². The van der Waals surface area contributed by atoms with Crippen molar-refractivity contribution in [3.05, 3.63) is 119 Å². The number of hydrogen-bond donors (Lipinski definition) is 1. The first-order valence-electron chi connectivity index (χ1n) is 9.07. The summed E-state index contributed by atoms with van der Waals surface area (Å²) in [5.74, 6) is -1.08. The first-order valence-corrected chi connectivity index (χ1v) is 9.07. The molecule has 0 saturated heterocycles. The van der Waals surface area contributed by atoms with E-state index in [1.165, 1.54) is 26.0 Å². The van der Waals surface area contributed by atoms with Crippen molar-refractivity contribution in [2.24, 2.45) is 0 Å². The van der Waals surface area contributed by atoms with Crippen molar-refractivity contribution in [1.82, 2.24) is 0 Å². The third kappa shape index (κ3) is 6.11. The Morgan fingerprint density at radius 2 is 1.24 bits per heavy atom. The molecule has 0 amide bonds. The van der Waals surface area contributed by atoms with Gasteiger partial charge < -0.3 is 5.11 Å². The number of carbonyl (C=O) groups excluding carboxylic acids is 3. The van der Waals surface area contributed by atoms with Crippen LogP contribution in [0.3, 0.4) is 0 Å². The molecule has 1 N–H and O–H groups in total. The van der Waals surface area contributed by atoms with Gasteiger partial charge in [0, 0.05) is 11.1 Å². The minimum atomic E-state index is -0.349. The fraction of sp³-hybridized carbons (Fsp3) is 0.0800.